The van der Waals surface area contributed by atoms with Crippen molar-refractivity contribution in [3.63, 3.8) is 0 Å². The highest BCUT2D eigenvalue weighted by atomic mass is 32.1. The van der Waals surface area contributed by atoms with Crippen LogP contribution in [0.3, 0.4) is 0 Å². The number of rotatable bonds is 3. The molecular weight excluding hydrogens is 380 g/mol. The van der Waals surface area contributed by atoms with Gasteiger partial charge in [0.25, 0.3) is 5.91 Å². The molecule has 1 aromatic carbocycles. The van der Waals surface area contributed by atoms with Gasteiger partial charge < -0.3 is 9.80 Å². The second-order valence-electron chi connectivity index (χ2n) is 7.99. The first-order chi connectivity index (χ1) is 14.1. The van der Waals surface area contributed by atoms with Crippen molar-refractivity contribution >= 4 is 23.2 Å². The third-order valence-electron chi connectivity index (χ3n) is 6.01. The third-order valence-corrected chi connectivity index (χ3v) is 6.91. The van der Waals surface area contributed by atoms with E-state index >= 15 is 0 Å². The van der Waals surface area contributed by atoms with Crippen molar-refractivity contribution in [3.8, 4) is 10.4 Å². The fourth-order valence-corrected chi connectivity index (χ4v) is 5.30. The van der Waals surface area contributed by atoms with E-state index in [1.807, 2.05) is 55.1 Å². The van der Waals surface area contributed by atoms with E-state index in [2.05, 4.69) is 26.3 Å². The van der Waals surface area contributed by atoms with Crippen molar-refractivity contribution in [1.82, 2.24) is 14.9 Å². The zero-order chi connectivity index (χ0) is 20.0. The predicted octanol–water partition coefficient (Wildman–Crippen LogP) is 4.17. The molecule has 4 heterocycles. The second-order valence-corrected chi connectivity index (χ2v) is 8.94. The number of thiophene rings is 1. The summed E-state index contributed by atoms with van der Waals surface area (Å²) < 4.78 is 0. The number of piperidine rings is 1. The van der Waals surface area contributed by atoms with E-state index in [1.54, 1.807) is 11.3 Å². The number of hydrogen-bond donors (Lipinski definition) is 0. The largest absolute Gasteiger partial charge is 0.339 e. The molecule has 2 aliphatic heterocycles. The van der Waals surface area contributed by atoms with Gasteiger partial charge in [-0.2, -0.15) is 0 Å². The van der Waals surface area contributed by atoms with Gasteiger partial charge in [-0.1, -0.05) is 24.3 Å². The van der Waals surface area contributed by atoms with Crippen LogP contribution in [0.4, 0.5) is 5.95 Å². The summed E-state index contributed by atoms with van der Waals surface area (Å²) in [5.41, 5.74) is 3.80. The Labute approximate surface area is 175 Å². The molecule has 0 aliphatic carbocycles. The summed E-state index contributed by atoms with van der Waals surface area (Å²) in [5, 5.41) is 2.05. The number of anilines is 1. The summed E-state index contributed by atoms with van der Waals surface area (Å²) in [4.78, 5) is 28.1. The maximum Gasteiger partial charge on any atom is 0.254 e. The first-order valence-corrected chi connectivity index (χ1v) is 11.0. The molecule has 1 amide bonds. The molecule has 6 heteroatoms. The molecule has 29 heavy (non-hydrogen) atoms. The summed E-state index contributed by atoms with van der Waals surface area (Å²) in [5.74, 6) is 1.51. The smallest absolute Gasteiger partial charge is 0.254 e. The number of aryl methyl sites for hydroxylation is 2. The van der Waals surface area contributed by atoms with E-state index in [0.29, 0.717) is 5.92 Å². The Morgan fingerprint density at radius 3 is 2.62 bits per heavy atom. The van der Waals surface area contributed by atoms with E-state index in [0.717, 1.165) is 59.4 Å². The lowest BCUT2D eigenvalue weighted by Gasteiger charge is -2.53. The predicted molar refractivity (Wildman–Crippen MR) is 116 cm³/mol. The van der Waals surface area contributed by atoms with Crippen LogP contribution in [-0.2, 0) is 0 Å². The third kappa shape index (κ3) is 3.31. The summed E-state index contributed by atoms with van der Waals surface area (Å²) in [6, 6.07) is 14.3. The van der Waals surface area contributed by atoms with Crippen molar-refractivity contribution < 1.29 is 4.79 Å². The highest BCUT2D eigenvalue weighted by Crippen LogP contribution is 2.37. The van der Waals surface area contributed by atoms with Gasteiger partial charge in [0.2, 0.25) is 5.95 Å². The summed E-state index contributed by atoms with van der Waals surface area (Å²) in [6.45, 7) is 6.62. The molecule has 2 unspecified atom stereocenters. The highest BCUT2D eigenvalue weighted by Gasteiger charge is 2.45. The number of aromatic nitrogens is 2. The number of likely N-dealkylation sites (tertiary alicyclic amines) is 1. The number of carbonyl (C=O) groups is 1. The zero-order valence-corrected chi connectivity index (χ0v) is 17.5. The average molecular weight is 405 g/mol. The van der Waals surface area contributed by atoms with Crippen LogP contribution in [0.2, 0.25) is 0 Å². The standard InChI is InChI=1S/C23H24N4OS/c1-15-12-16(2)25-23(24-15)26-10-9-17-13-27(20(17)14-26)22(28)19-7-4-3-6-18(19)21-8-5-11-29-21/h3-8,11-12,17,20H,9-10,13-14H2,1-2H3. The topological polar surface area (TPSA) is 49.3 Å². The molecular formula is C23H24N4OS. The van der Waals surface area contributed by atoms with Crippen LogP contribution < -0.4 is 4.90 Å². The Kier molecular flexibility index (Phi) is 4.59. The molecule has 5 rings (SSSR count). The van der Waals surface area contributed by atoms with E-state index in [9.17, 15) is 4.79 Å². The maximum atomic E-state index is 13.4. The number of fused-ring (bicyclic) bond motifs is 1. The molecule has 0 radical (unpaired) electrons. The lowest BCUT2D eigenvalue weighted by Crippen LogP contribution is -2.66. The van der Waals surface area contributed by atoms with Crippen molar-refractivity contribution in [2.45, 2.75) is 26.3 Å². The van der Waals surface area contributed by atoms with Crippen LogP contribution in [0, 0.1) is 19.8 Å². The van der Waals surface area contributed by atoms with Crippen molar-refractivity contribution in [2.75, 3.05) is 24.5 Å². The van der Waals surface area contributed by atoms with Gasteiger partial charge in [-0.3, -0.25) is 4.79 Å². The van der Waals surface area contributed by atoms with Crippen LogP contribution >= 0.6 is 11.3 Å². The Balaban J connectivity index is 1.38. The van der Waals surface area contributed by atoms with Gasteiger partial charge in [-0.15, -0.1) is 11.3 Å². The summed E-state index contributed by atoms with van der Waals surface area (Å²) >= 11 is 1.67. The number of amides is 1. The molecule has 2 aromatic heterocycles. The first-order valence-electron chi connectivity index (χ1n) is 10.1. The molecule has 5 nitrogen and oxygen atoms in total. The number of nitrogens with zero attached hydrogens (tertiary/aromatic N) is 4. The second kappa shape index (κ2) is 7.26. The normalized spacial score (nSPS) is 20.9. The summed E-state index contributed by atoms with van der Waals surface area (Å²) in [6.07, 6.45) is 1.08. The minimum atomic E-state index is 0.137. The molecule has 2 aliphatic rings. The van der Waals surface area contributed by atoms with Gasteiger partial charge in [0.1, 0.15) is 0 Å². The molecule has 2 saturated heterocycles. The van der Waals surface area contributed by atoms with E-state index in [4.69, 9.17) is 0 Å². The fraction of sp³-hybridized carbons (Fsp3) is 0.348. The minimum absolute atomic E-state index is 0.137. The van der Waals surface area contributed by atoms with E-state index in [-0.39, 0.29) is 11.9 Å². The van der Waals surface area contributed by atoms with Crippen molar-refractivity contribution in [1.29, 1.82) is 0 Å². The van der Waals surface area contributed by atoms with Crippen LogP contribution in [0.5, 0.6) is 0 Å². The van der Waals surface area contributed by atoms with Crippen molar-refractivity contribution in [2.24, 2.45) is 5.92 Å². The SMILES string of the molecule is Cc1cc(C)nc(N2CCC3CN(C(=O)c4ccccc4-c4cccs4)C3C2)n1. The molecule has 2 fully saturated rings. The molecule has 0 spiro atoms. The number of benzene rings is 1. The molecule has 0 saturated carbocycles. The maximum absolute atomic E-state index is 13.4. The lowest BCUT2D eigenvalue weighted by atomic mass is 9.81. The van der Waals surface area contributed by atoms with Gasteiger partial charge in [0.05, 0.1) is 6.04 Å². The lowest BCUT2D eigenvalue weighted by molar-refractivity contribution is 0.00775. The molecule has 0 N–H and O–H groups in total. The Morgan fingerprint density at radius 2 is 1.86 bits per heavy atom. The van der Waals surface area contributed by atoms with E-state index in [1.165, 1.54) is 0 Å². The van der Waals surface area contributed by atoms with Gasteiger partial charge >= 0.3 is 0 Å². The van der Waals surface area contributed by atoms with E-state index < -0.39 is 0 Å². The van der Waals surface area contributed by atoms with Gasteiger partial charge in [-0.25, -0.2) is 9.97 Å². The van der Waals surface area contributed by atoms with Crippen LogP contribution in [0.1, 0.15) is 28.2 Å². The average Bonchev–Trinajstić information content (AvgIpc) is 3.23. The monoisotopic (exact) mass is 404 g/mol. The molecule has 0 bridgehead atoms. The van der Waals surface area contributed by atoms with Gasteiger partial charge in [0, 0.05) is 52.9 Å². The minimum Gasteiger partial charge on any atom is -0.339 e. The first kappa shape index (κ1) is 18.3. The van der Waals surface area contributed by atoms with Gasteiger partial charge in [-0.05, 0) is 43.8 Å². The Hall–Kier alpha value is -2.73. The molecule has 3 aromatic rings. The van der Waals surface area contributed by atoms with Crippen LogP contribution in [-0.4, -0.2) is 46.5 Å². The quantitative estimate of drug-likeness (QED) is 0.657. The molecule has 148 valence electrons. The molecule has 2 atom stereocenters. The summed E-state index contributed by atoms with van der Waals surface area (Å²) in [7, 11) is 0. The Morgan fingerprint density at radius 1 is 1.07 bits per heavy atom. The number of hydrogen-bond acceptors (Lipinski definition) is 5. The number of carbonyl (C=O) groups excluding carboxylic acids is 1. The Bertz CT molecular complexity index is 1030. The van der Waals surface area contributed by atoms with Crippen molar-refractivity contribution in [3.05, 3.63) is 64.8 Å². The van der Waals surface area contributed by atoms with Gasteiger partial charge in [0.15, 0.2) is 0 Å². The highest BCUT2D eigenvalue weighted by molar-refractivity contribution is 7.13. The zero-order valence-electron chi connectivity index (χ0n) is 16.7. The van der Waals surface area contributed by atoms with Crippen LogP contribution in [0.25, 0.3) is 10.4 Å². The fourth-order valence-electron chi connectivity index (χ4n) is 4.53. The van der Waals surface area contributed by atoms with Crippen LogP contribution in [0.15, 0.2) is 47.8 Å².